The number of rotatable bonds is 5. The Labute approximate surface area is 149 Å². The van der Waals surface area contributed by atoms with Crippen LogP contribution in [0.1, 0.15) is 54.5 Å². The van der Waals surface area contributed by atoms with Gasteiger partial charge in [-0.2, -0.15) is 5.10 Å². The molecule has 4 rings (SSSR count). The van der Waals surface area contributed by atoms with Gasteiger partial charge in [-0.05, 0) is 56.4 Å². The van der Waals surface area contributed by atoms with Crippen molar-refractivity contribution in [1.29, 1.82) is 0 Å². The van der Waals surface area contributed by atoms with E-state index in [0.717, 1.165) is 37.6 Å². The molecule has 2 aliphatic rings. The molecule has 5 nitrogen and oxygen atoms in total. The lowest BCUT2D eigenvalue weighted by Crippen LogP contribution is -2.33. The summed E-state index contributed by atoms with van der Waals surface area (Å²) < 4.78 is 7.96. The summed E-state index contributed by atoms with van der Waals surface area (Å²) in [5.41, 5.74) is 6.21. The van der Waals surface area contributed by atoms with Gasteiger partial charge in [0.25, 0.3) is 0 Å². The molecule has 0 fully saturated rings. The SMILES string of the molecule is CCOc1cc2c(cc1CN1CCn3nc([C@H](C)O)cc3C1)CCC2. The van der Waals surface area contributed by atoms with Crippen LogP contribution in [0, 0.1) is 0 Å². The maximum absolute atomic E-state index is 9.75. The number of aryl methyl sites for hydroxylation is 2. The van der Waals surface area contributed by atoms with Gasteiger partial charge in [-0.3, -0.25) is 9.58 Å². The quantitative estimate of drug-likeness (QED) is 0.909. The van der Waals surface area contributed by atoms with Gasteiger partial charge in [0.1, 0.15) is 5.75 Å². The first-order valence-electron chi connectivity index (χ1n) is 9.38. The van der Waals surface area contributed by atoms with Gasteiger partial charge in [0.05, 0.1) is 30.6 Å². The molecule has 134 valence electrons. The number of aliphatic hydroxyl groups excluding tert-OH is 1. The number of aromatic nitrogens is 2. The van der Waals surface area contributed by atoms with Crippen LogP contribution in [0.3, 0.4) is 0 Å². The van der Waals surface area contributed by atoms with Crippen molar-refractivity contribution in [2.75, 3.05) is 13.2 Å². The molecule has 2 aromatic rings. The predicted molar refractivity (Wildman–Crippen MR) is 96.6 cm³/mol. The molecule has 1 aliphatic carbocycles. The van der Waals surface area contributed by atoms with E-state index in [9.17, 15) is 5.11 Å². The second kappa shape index (κ2) is 6.81. The monoisotopic (exact) mass is 341 g/mol. The average Bonchev–Trinajstić information content (AvgIpc) is 3.21. The van der Waals surface area contributed by atoms with Crippen molar-refractivity contribution in [1.82, 2.24) is 14.7 Å². The molecule has 1 aromatic carbocycles. The van der Waals surface area contributed by atoms with Crippen LogP contribution in [0.5, 0.6) is 5.75 Å². The van der Waals surface area contributed by atoms with Crippen LogP contribution in [0.25, 0.3) is 0 Å². The zero-order chi connectivity index (χ0) is 17.4. The predicted octanol–water partition coefficient (Wildman–Crippen LogP) is 2.84. The van der Waals surface area contributed by atoms with E-state index < -0.39 is 6.10 Å². The summed E-state index contributed by atoms with van der Waals surface area (Å²) in [6.45, 7) is 8.13. The second-order valence-corrected chi connectivity index (χ2v) is 7.19. The zero-order valence-corrected chi connectivity index (χ0v) is 15.2. The lowest BCUT2D eigenvalue weighted by molar-refractivity contribution is 0.188. The third kappa shape index (κ3) is 3.31. The lowest BCUT2D eigenvalue weighted by Gasteiger charge is -2.28. The summed E-state index contributed by atoms with van der Waals surface area (Å²) in [6, 6.07) is 6.66. The Morgan fingerprint density at radius 3 is 2.76 bits per heavy atom. The number of hydrogen-bond donors (Lipinski definition) is 1. The van der Waals surface area contributed by atoms with Crippen LogP contribution in [0.15, 0.2) is 18.2 Å². The maximum Gasteiger partial charge on any atom is 0.124 e. The number of aliphatic hydroxyl groups is 1. The fourth-order valence-electron chi connectivity index (χ4n) is 3.99. The van der Waals surface area contributed by atoms with E-state index in [2.05, 4.69) is 22.1 Å². The number of ether oxygens (including phenoxy) is 1. The van der Waals surface area contributed by atoms with Crippen LogP contribution in [-0.4, -0.2) is 32.9 Å². The molecule has 5 heteroatoms. The third-order valence-corrected chi connectivity index (χ3v) is 5.29. The van der Waals surface area contributed by atoms with Gasteiger partial charge in [0, 0.05) is 25.2 Å². The Balaban J connectivity index is 1.54. The van der Waals surface area contributed by atoms with Crippen LogP contribution in [-0.2, 0) is 32.5 Å². The molecule has 1 aliphatic heterocycles. The minimum absolute atomic E-state index is 0.507. The molecule has 1 N–H and O–H groups in total. The van der Waals surface area contributed by atoms with Crippen molar-refractivity contribution in [3.63, 3.8) is 0 Å². The van der Waals surface area contributed by atoms with Gasteiger partial charge in [-0.1, -0.05) is 6.07 Å². The van der Waals surface area contributed by atoms with Gasteiger partial charge >= 0.3 is 0 Å². The van der Waals surface area contributed by atoms with Gasteiger partial charge in [0.15, 0.2) is 0 Å². The highest BCUT2D eigenvalue weighted by Crippen LogP contribution is 2.31. The van der Waals surface area contributed by atoms with Crippen molar-refractivity contribution in [3.8, 4) is 5.75 Å². The number of fused-ring (bicyclic) bond motifs is 2. The van der Waals surface area contributed by atoms with E-state index in [-0.39, 0.29) is 0 Å². The molecule has 0 amide bonds. The number of benzene rings is 1. The van der Waals surface area contributed by atoms with Crippen LogP contribution in [0.4, 0.5) is 0 Å². The molecule has 25 heavy (non-hydrogen) atoms. The summed E-state index contributed by atoms with van der Waals surface area (Å²) >= 11 is 0. The minimum atomic E-state index is -0.507. The van der Waals surface area contributed by atoms with E-state index in [0.29, 0.717) is 6.61 Å². The highest BCUT2D eigenvalue weighted by molar-refractivity contribution is 5.45. The highest BCUT2D eigenvalue weighted by atomic mass is 16.5. The number of nitrogens with zero attached hydrogens (tertiary/aromatic N) is 3. The molecular weight excluding hydrogens is 314 g/mol. The first-order valence-corrected chi connectivity index (χ1v) is 9.38. The van der Waals surface area contributed by atoms with E-state index in [4.69, 9.17) is 4.74 Å². The smallest absolute Gasteiger partial charge is 0.124 e. The molecule has 1 atom stereocenters. The van der Waals surface area contributed by atoms with Gasteiger partial charge in [0.2, 0.25) is 0 Å². The summed E-state index contributed by atoms with van der Waals surface area (Å²) in [6.07, 6.45) is 3.13. The second-order valence-electron chi connectivity index (χ2n) is 7.19. The summed E-state index contributed by atoms with van der Waals surface area (Å²) in [7, 11) is 0. The van der Waals surface area contributed by atoms with E-state index in [1.807, 2.05) is 17.7 Å². The Morgan fingerprint density at radius 1 is 1.20 bits per heavy atom. The normalized spacial score (nSPS) is 18.0. The number of hydrogen-bond acceptors (Lipinski definition) is 4. The van der Waals surface area contributed by atoms with Crippen LogP contribution < -0.4 is 4.74 Å². The zero-order valence-electron chi connectivity index (χ0n) is 15.2. The van der Waals surface area contributed by atoms with E-state index >= 15 is 0 Å². The molecule has 0 unspecified atom stereocenters. The first kappa shape index (κ1) is 16.6. The molecule has 1 aromatic heterocycles. The molecule has 0 spiro atoms. The van der Waals surface area contributed by atoms with Crippen molar-refractivity contribution >= 4 is 0 Å². The lowest BCUT2D eigenvalue weighted by atomic mass is 10.0. The largest absolute Gasteiger partial charge is 0.494 e. The standard InChI is InChI=1S/C20H27N3O2/c1-3-25-20-10-16-6-4-5-15(16)9-17(20)12-22-7-8-23-18(13-22)11-19(21-23)14(2)24/h9-11,14,24H,3-8,12-13H2,1-2H3/t14-/m0/s1. The van der Waals surface area contributed by atoms with Crippen LogP contribution >= 0.6 is 0 Å². The van der Waals surface area contributed by atoms with Crippen molar-refractivity contribution in [2.45, 2.75) is 58.8 Å². The van der Waals surface area contributed by atoms with Crippen molar-refractivity contribution in [3.05, 3.63) is 46.3 Å². The van der Waals surface area contributed by atoms with E-state index in [1.165, 1.54) is 41.6 Å². The Bertz CT molecular complexity index is 767. The van der Waals surface area contributed by atoms with Gasteiger partial charge in [-0.15, -0.1) is 0 Å². The summed E-state index contributed by atoms with van der Waals surface area (Å²) in [5.74, 6) is 1.05. The minimum Gasteiger partial charge on any atom is -0.494 e. The highest BCUT2D eigenvalue weighted by Gasteiger charge is 2.22. The van der Waals surface area contributed by atoms with Crippen LogP contribution in [0.2, 0.25) is 0 Å². The Kier molecular flexibility index (Phi) is 4.52. The fourth-order valence-corrected chi connectivity index (χ4v) is 3.99. The molecule has 0 radical (unpaired) electrons. The van der Waals surface area contributed by atoms with Gasteiger partial charge < -0.3 is 9.84 Å². The summed E-state index contributed by atoms with van der Waals surface area (Å²) in [4.78, 5) is 2.45. The molecule has 2 heterocycles. The molecular formula is C20H27N3O2. The van der Waals surface area contributed by atoms with Crippen molar-refractivity contribution < 1.29 is 9.84 Å². The van der Waals surface area contributed by atoms with E-state index in [1.54, 1.807) is 6.92 Å². The van der Waals surface area contributed by atoms with Crippen molar-refractivity contribution in [2.24, 2.45) is 0 Å². The molecule has 0 saturated carbocycles. The average molecular weight is 341 g/mol. The molecule has 0 saturated heterocycles. The maximum atomic E-state index is 9.75. The third-order valence-electron chi connectivity index (χ3n) is 5.29. The Hall–Kier alpha value is -1.85. The van der Waals surface area contributed by atoms with Gasteiger partial charge in [-0.25, -0.2) is 0 Å². The Morgan fingerprint density at radius 2 is 2.00 bits per heavy atom. The molecule has 0 bridgehead atoms. The fraction of sp³-hybridized carbons (Fsp3) is 0.550. The topological polar surface area (TPSA) is 50.5 Å². The summed E-state index contributed by atoms with van der Waals surface area (Å²) in [5, 5.41) is 14.3. The first-order chi connectivity index (χ1) is 12.1.